The van der Waals surface area contributed by atoms with Gasteiger partial charge in [0.15, 0.2) is 0 Å². The Bertz CT molecular complexity index is 2230. The lowest BCUT2D eigenvalue weighted by atomic mass is 9.98. The maximum Gasteiger partial charge on any atom is 0.407 e. The summed E-state index contributed by atoms with van der Waals surface area (Å²) < 4.78 is 9.49. The lowest BCUT2D eigenvalue weighted by Crippen LogP contribution is -2.54. The first-order valence-corrected chi connectivity index (χ1v) is 20.4. The summed E-state index contributed by atoms with van der Waals surface area (Å²) in [5.74, 6) is -0.254. The number of hydrogen-bond donors (Lipinski definition) is 4. The molecule has 0 radical (unpaired) electrons. The van der Waals surface area contributed by atoms with Crippen molar-refractivity contribution in [1.82, 2.24) is 30.4 Å². The van der Waals surface area contributed by atoms with E-state index < -0.39 is 30.3 Å². The predicted octanol–water partition coefficient (Wildman–Crippen LogP) is 6.67. The summed E-state index contributed by atoms with van der Waals surface area (Å²) >= 11 is 0. The molecule has 14 heteroatoms. The van der Waals surface area contributed by atoms with Gasteiger partial charge in [-0.3, -0.25) is 14.4 Å². The molecule has 2 fully saturated rings. The number of rotatable bonds is 11. The molecule has 2 saturated heterocycles. The van der Waals surface area contributed by atoms with Gasteiger partial charge in [-0.1, -0.05) is 76.2 Å². The topological polar surface area (TPSA) is 175 Å². The van der Waals surface area contributed by atoms with Gasteiger partial charge in [0.1, 0.15) is 23.9 Å². The molecule has 7 rings (SSSR count). The summed E-state index contributed by atoms with van der Waals surface area (Å²) in [6, 6.07) is 18.4. The number of imidazole rings is 1. The highest BCUT2D eigenvalue weighted by molar-refractivity contribution is 5.99. The Hall–Kier alpha value is -6.18. The number of carbonyl (C=O) groups excluding carboxylic acids is 5. The van der Waals surface area contributed by atoms with Crippen molar-refractivity contribution in [2.45, 2.75) is 84.0 Å². The van der Waals surface area contributed by atoms with Gasteiger partial charge in [0, 0.05) is 18.8 Å². The van der Waals surface area contributed by atoms with Crippen molar-refractivity contribution in [2.75, 3.05) is 32.6 Å². The third-order valence-electron chi connectivity index (χ3n) is 11.7. The number of aromatic amines is 1. The molecular formula is C45H53N7O7. The minimum Gasteiger partial charge on any atom is -0.453 e. The second-order valence-electron chi connectivity index (χ2n) is 16.3. The fourth-order valence-corrected chi connectivity index (χ4v) is 8.56. The third-order valence-corrected chi connectivity index (χ3v) is 11.7. The highest BCUT2D eigenvalue weighted by atomic mass is 16.5. The van der Waals surface area contributed by atoms with Crippen molar-refractivity contribution < 1.29 is 33.4 Å². The minimum atomic E-state index is -0.793. The van der Waals surface area contributed by atoms with Crippen LogP contribution in [-0.4, -0.2) is 95.1 Å². The van der Waals surface area contributed by atoms with Crippen LogP contribution >= 0.6 is 0 Å². The van der Waals surface area contributed by atoms with Gasteiger partial charge >= 0.3 is 12.2 Å². The Morgan fingerprint density at radius 1 is 0.712 bits per heavy atom. The summed E-state index contributed by atoms with van der Waals surface area (Å²) in [6.07, 6.45) is 4.07. The molecule has 3 heterocycles. The standard InChI is InChI=1S/C45H53N7O7/c1-25(2)38(49-44(56)58-5)42(54)51-19-7-9-36(51)40-46-24-35(48-40)28-13-11-27(12-14-28)29-15-17-33-30(21-29)22-31-23-32(16-18-34(31)33)47-41(53)37-10-8-20-52(37)43(55)39(26(3)4)50-45(57)59-6/h11-18,21,23-26,36-39H,7-10,19-20,22H2,1-6H3,(H,46,48)(H,47,53)(H,49,56)(H,50,57)/t36-,37-,38-,39-/m0/s1. The summed E-state index contributed by atoms with van der Waals surface area (Å²) in [5.41, 5.74) is 9.27. The van der Waals surface area contributed by atoms with Gasteiger partial charge in [-0.15, -0.1) is 0 Å². The first kappa shape index (κ1) is 41.0. The van der Waals surface area contributed by atoms with Crippen LogP contribution in [0.1, 0.15) is 76.4 Å². The van der Waals surface area contributed by atoms with E-state index in [1.54, 1.807) is 16.0 Å². The molecule has 1 aliphatic carbocycles. The number of ether oxygens (including phenoxy) is 2. The van der Waals surface area contributed by atoms with Crippen LogP contribution in [0.5, 0.6) is 0 Å². The molecule has 0 saturated carbocycles. The van der Waals surface area contributed by atoms with E-state index in [2.05, 4.69) is 68.4 Å². The van der Waals surface area contributed by atoms with E-state index in [1.165, 1.54) is 19.8 Å². The lowest BCUT2D eigenvalue weighted by Gasteiger charge is -2.30. The molecule has 5 amide bonds. The molecule has 4 N–H and O–H groups in total. The van der Waals surface area contributed by atoms with Crippen LogP contribution in [0.4, 0.5) is 15.3 Å². The predicted molar refractivity (Wildman–Crippen MR) is 223 cm³/mol. The maximum absolute atomic E-state index is 13.6. The average Bonchev–Trinajstić information content (AvgIpc) is 4.07. The zero-order valence-electron chi connectivity index (χ0n) is 34.5. The number of nitrogens with zero attached hydrogens (tertiary/aromatic N) is 3. The molecule has 4 aromatic rings. The molecule has 0 bridgehead atoms. The lowest BCUT2D eigenvalue weighted by molar-refractivity contribution is -0.139. The quantitative estimate of drug-likeness (QED) is 0.115. The number of carbonyl (C=O) groups is 5. The Kier molecular flexibility index (Phi) is 12.1. The maximum atomic E-state index is 13.6. The van der Waals surface area contributed by atoms with E-state index in [0.29, 0.717) is 31.6 Å². The van der Waals surface area contributed by atoms with Crippen LogP contribution < -0.4 is 16.0 Å². The summed E-state index contributed by atoms with van der Waals surface area (Å²) in [6.45, 7) is 8.52. The summed E-state index contributed by atoms with van der Waals surface area (Å²) in [4.78, 5) is 76.0. The van der Waals surface area contributed by atoms with Gasteiger partial charge in [0.2, 0.25) is 17.7 Å². The molecule has 310 valence electrons. The highest BCUT2D eigenvalue weighted by Gasteiger charge is 2.40. The number of alkyl carbamates (subject to hydrolysis) is 2. The van der Waals surface area contributed by atoms with E-state index in [9.17, 15) is 24.0 Å². The Balaban J connectivity index is 0.996. The monoisotopic (exact) mass is 803 g/mol. The molecule has 2 aliphatic heterocycles. The highest BCUT2D eigenvalue weighted by Crippen LogP contribution is 2.40. The SMILES string of the molecule is COC(=O)N[C@H](C(=O)N1CCC[C@H]1C(=O)Nc1ccc2c(c1)Cc1cc(-c3ccc(-c4cnc([C@@H]5CCCN5C(=O)[C@@H](NC(=O)OC)C(C)C)[nH]4)cc3)ccc1-2)C(C)C. The Morgan fingerprint density at radius 3 is 1.92 bits per heavy atom. The van der Waals surface area contributed by atoms with Crippen molar-refractivity contribution in [2.24, 2.45) is 11.8 Å². The van der Waals surface area contributed by atoms with Crippen molar-refractivity contribution >= 4 is 35.6 Å². The first-order chi connectivity index (χ1) is 28.4. The summed E-state index contributed by atoms with van der Waals surface area (Å²) in [5, 5.41) is 8.38. The minimum absolute atomic E-state index is 0.111. The molecule has 4 atom stereocenters. The van der Waals surface area contributed by atoms with Crippen LogP contribution in [0, 0.1) is 11.8 Å². The van der Waals surface area contributed by atoms with Gasteiger partial charge in [-0.25, -0.2) is 14.6 Å². The van der Waals surface area contributed by atoms with Crippen molar-refractivity contribution in [3.63, 3.8) is 0 Å². The number of H-pyrrole nitrogens is 1. The van der Waals surface area contributed by atoms with Crippen molar-refractivity contribution in [3.05, 3.63) is 83.8 Å². The smallest absolute Gasteiger partial charge is 0.407 e. The van der Waals surface area contributed by atoms with E-state index >= 15 is 0 Å². The van der Waals surface area contributed by atoms with Gasteiger partial charge in [-0.2, -0.15) is 0 Å². The Labute approximate surface area is 344 Å². The average molecular weight is 804 g/mol. The fraction of sp³-hybridized carbons (Fsp3) is 0.422. The number of likely N-dealkylation sites (tertiary alicyclic amines) is 2. The molecule has 1 aromatic heterocycles. The molecule has 0 spiro atoms. The van der Waals surface area contributed by atoms with Crippen molar-refractivity contribution in [1.29, 1.82) is 0 Å². The van der Waals surface area contributed by atoms with Gasteiger partial charge < -0.3 is 40.2 Å². The molecule has 14 nitrogen and oxygen atoms in total. The van der Waals surface area contributed by atoms with Gasteiger partial charge in [0.25, 0.3) is 0 Å². The summed E-state index contributed by atoms with van der Waals surface area (Å²) in [7, 11) is 2.54. The van der Waals surface area contributed by atoms with Gasteiger partial charge in [-0.05, 0) is 95.0 Å². The Morgan fingerprint density at radius 2 is 1.27 bits per heavy atom. The van der Waals surface area contributed by atoms with Crippen LogP contribution in [0.15, 0.2) is 66.9 Å². The third kappa shape index (κ3) is 8.53. The van der Waals surface area contributed by atoms with Crippen LogP contribution in [0.3, 0.4) is 0 Å². The number of anilines is 1. The molecular weight excluding hydrogens is 751 g/mol. The number of fused-ring (bicyclic) bond motifs is 3. The van der Waals surface area contributed by atoms with Gasteiger partial charge in [0.05, 0.1) is 32.2 Å². The van der Waals surface area contributed by atoms with E-state index in [1.807, 2.05) is 45.9 Å². The number of hydrogen-bond acceptors (Lipinski definition) is 8. The van der Waals surface area contributed by atoms with E-state index in [0.717, 1.165) is 64.2 Å². The second-order valence-corrected chi connectivity index (χ2v) is 16.3. The molecule has 0 unspecified atom stereocenters. The zero-order chi connectivity index (χ0) is 42.0. The van der Waals surface area contributed by atoms with Crippen LogP contribution in [0.2, 0.25) is 0 Å². The normalized spacial score (nSPS) is 18.0. The molecule has 59 heavy (non-hydrogen) atoms. The number of methoxy groups -OCH3 is 2. The molecule has 3 aliphatic rings. The van der Waals surface area contributed by atoms with Crippen LogP contribution in [0.25, 0.3) is 33.5 Å². The van der Waals surface area contributed by atoms with Crippen LogP contribution in [-0.2, 0) is 30.3 Å². The second kappa shape index (κ2) is 17.4. The number of aromatic nitrogens is 2. The molecule has 3 aromatic carbocycles. The number of amides is 5. The van der Waals surface area contributed by atoms with E-state index in [4.69, 9.17) is 9.47 Å². The fourth-order valence-electron chi connectivity index (χ4n) is 8.56. The zero-order valence-corrected chi connectivity index (χ0v) is 34.5. The largest absolute Gasteiger partial charge is 0.453 e. The number of benzene rings is 3. The van der Waals surface area contributed by atoms with E-state index in [-0.39, 0.29) is 35.6 Å². The van der Waals surface area contributed by atoms with Crippen molar-refractivity contribution in [3.8, 4) is 33.5 Å². The number of nitrogens with one attached hydrogen (secondary N) is 4. The first-order valence-electron chi connectivity index (χ1n) is 20.4.